The summed E-state index contributed by atoms with van der Waals surface area (Å²) < 4.78 is 10.5. The SMILES string of the molecule is COCCOc1cccc(CC(C)C)c1. The van der Waals surface area contributed by atoms with Crippen LogP contribution >= 0.6 is 0 Å². The molecule has 0 N–H and O–H groups in total. The van der Waals surface area contributed by atoms with Crippen molar-refractivity contribution in [2.75, 3.05) is 20.3 Å². The molecule has 0 bridgehead atoms. The van der Waals surface area contributed by atoms with Crippen LogP contribution in [-0.4, -0.2) is 20.3 Å². The van der Waals surface area contributed by atoms with Crippen LogP contribution in [-0.2, 0) is 11.2 Å². The lowest BCUT2D eigenvalue weighted by Gasteiger charge is -2.08. The van der Waals surface area contributed by atoms with E-state index in [1.165, 1.54) is 5.56 Å². The Morgan fingerprint density at radius 3 is 2.67 bits per heavy atom. The van der Waals surface area contributed by atoms with Gasteiger partial charge in [-0.2, -0.15) is 0 Å². The van der Waals surface area contributed by atoms with Crippen LogP contribution in [0.25, 0.3) is 0 Å². The van der Waals surface area contributed by atoms with Crippen molar-refractivity contribution in [3.05, 3.63) is 29.8 Å². The number of hydrogen-bond acceptors (Lipinski definition) is 2. The molecule has 0 spiro atoms. The van der Waals surface area contributed by atoms with E-state index < -0.39 is 0 Å². The maximum absolute atomic E-state index is 5.54. The van der Waals surface area contributed by atoms with Gasteiger partial charge in [0, 0.05) is 7.11 Å². The standard InChI is InChI=1S/C13H20O2/c1-11(2)9-12-5-4-6-13(10-12)15-8-7-14-3/h4-6,10-11H,7-9H2,1-3H3. The number of hydrogen-bond donors (Lipinski definition) is 0. The Bertz CT molecular complexity index is 282. The molecule has 1 aromatic rings. The summed E-state index contributed by atoms with van der Waals surface area (Å²) in [5.41, 5.74) is 1.33. The van der Waals surface area contributed by atoms with Gasteiger partial charge in [0.05, 0.1) is 6.61 Å². The third-order valence-corrected chi connectivity index (χ3v) is 2.10. The van der Waals surface area contributed by atoms with Gasteiger partial charge in [-0.1, -0.05) is 26.0 Å². The second kappa shape index (κ2) is 6.46. The third kappa shape index (κ3) is 4.84. The van der Waals surface area contributed by atoms with E-state index in [4.69, 9.17) is 9.47 Å². The molecule has 1 rings (SSSR count). The summed E-state index contributed by atoms with van der Waals surface area (Å²) in [6, 6.07) is 8.28. The van der Waals surface area contributed by atoms with Gasteiger partial charge in [0.1, 0.15) is 12.4 Å². The number of benzene rings is 1. The molecular weight excluding hydrogens is 188 g/mol. The molecule has 0 saturated carbocycles. The molecule has 0 aromatic heterocycles. The largest absolute Gasteiger partial charge is 0.491 e. The van der Waals surface area contributed by atoms with Gasteiger partial charge in [0.25, 0.3) is 0 Å². The summed E-state index contributed by atoms with van der Waals surface area (Å²) in [7, 11) is 1.68. The fourth-order valence-electron chi connectivity index (χ4n) is 1.48. The summed E-state index contributed by atoms with van der Waals surface area (Å²) in [6.45, 7) is 5.69. The van der Waals surface area contributed by atoms with Gasteiger partial charge in [0.2, 0.25) is 0 Å². The normalized spacial score (nSPS) is 10.7. The first-order valence-corrected chi connectivity index (χ1v) is 5.43. The maximum Gasteiger partial charge on any atom is 0.119 e. The Morgan fingerprint density at radius 1 is 1.20 bits per heavy atom. The lowest BCUT2D eigenvalue weighted by atomic mass is 10.0. The highest BCUT2D eigenvalue weighted by molar-refractivity contribution is 5.28. The van der Waals surface area contributed by atoms with Crippen LogP contribution in [0, 0.1) is 5.92 Å². The fraction of sp³-hybridized carbons (Fsp3) is 0.538. The van der Waals surface area contributed by atoms with Crippen molar-refractivity contribution in [1.29, 1.82) is 0 Å². The number of rotatable bonds is 6. The summed E-state index contributed by atoms with van der Waals surface area (Å²) >= 11 is 0. The Morgan fingerprint density at radius 2 is 2.00 bits per heavy atom. The molecule has 0 unspecified atom stereocenters. The average molecular weight is 208 g/mol. The molecule has 0 aliphatic carbocycles. The minimum Gasteiger partial charge on any atom is -0.491 e. The van der Waals surface area contributed by atoms with Crippen LogP contribution in [0.1, 0.15) is 19.4 Å². The molecule has 15 heavy (non-hydrogen) atoms. The zero-order valence-corrected chi connectivity index (χ0v) is 9.82. The van der Waals surface area contributed by atoms with Gasteiger partial charge in [-0.3, -0.25) is 0 Å². The quantitative estimate of drug-likeness (QED) is 0.669. The maximum atomic E-state index is 5.54. The monoisotopic (exact) mass is 208 g/mol. The zero-order valence-electron chi connectivity index (χ0n) is 9.82. The molecule has 84 valence electrons. The van der Waals surface area contributed by atoms with Crippen molar-refractivity contribution >= 4 is 0 Å². The first-order chi connectivity index (χ1) is 7.22. The Kier molecular flexibility index (Phi) is 5.19. The van der Waals surface area contributed by atoms with Crippen LogP contribution in [0.4, 0.5) is 0 Å². The van der Waals surface area contributed by atoms with Crippen LogP contribution in [0.3, 0.4) is 0 Å². The lowest BCUT2D eigenvalue weighted by molar-refractivity contribution is 0.146. The predicted octanol–water partition coefficient (Wildman–Crippen LogP) is 2.91. The van der Waals surface area contributed by atoms with Crippen LogP contribution in [0.15, 0.2) is 24.3 Å². The molecule has 0 aliphatic heterocycles. The molecule has 0 saturated heterocycles. The second-order valence-electron chi connectivity index (χ2n) is 4.09. The van der Waals surface area contributed by atoms with E-state index in [0.29, 0.717) is 19.1 Å². The van der Waals surface area contributed by atoms with Crippen molar-refractivity contribution < 1.29 is 9.47 Å². The molecule has 0 atom stereocenters. The Balaban J connectivity index is 2.50. The van der Waals surface area contributed by atoms with E-state index >= 15 is 0 Å². The van der Waals surface area contributed by atoms with Crippen molar-refractivity contribution in [2.45, 2.75) is 20.3 Å². The molecule has 2 nitrogen and oxygen atoms in total. The van der Waals surface area contributed by atoms with Gasteiger partial charge >= 0.3 is 0 Å². The first kappa shape index (κ1) is 12.1. The van der Waals surface area contributed by atoms with Gasteiger partial charge in [-0.15, -0.1) is 0 Å². The third-order valence-electron chi connectivity index (χ3n) is 2.10. The van der Waals surface area contributed by atoms with Gasteiger partial charge in [0.15, 0.2) is 0 Å². The summed E-state index contributed by atoms with van der Waals surface area (Å²) in [5.74, 6) is 1.62. The first-order valence-electron chi connectivity index (χ1n) is 5.43. The topological polar surface area (TPSA) is 18.5 Å². The summed E-state index contributed by atoms with van der Waals surface area (Å²) in [4.78, 5) is 0. The van der Waals surface area contributed by atoms with Crippen molar-refractivity contribution in [3.8, 4) is 5.75 Å². The minimum absolute atomic E-state index is 0.613. The number of methoxy groups -OCH3 is 1. The van der Waals surface area contributed by atoms with E-state index in [9.17, 15) is 0 Å². The van der Waals surface area contributed by atoms with Crippen LogP contribution < -0.4 is 4.74 Å². The molecule has 0 aliphatic rings. The number of ether oxygens (including phenoxy) is 2. The zero-order chi connectivity index (χ0) is 11.1. The van der Waals surface area contributed by atoms with E-state index in [1.807, 2.05) is 12.1 Å². The average Bonchev–Trinajstić information content (AvgIpc) is 2.18. The van der Waals surface area contributed by atoms with Crippen molar-refractivity contribution in [1.82, 2.24) is 0 Å². The van der Waals surface area contributed by atoms with Gasteiger partial charge in [-0.05, 0) is 30.0 Å². The van der Waals surface area contributed by atoms with Crippen molar-refractivity contribution in [3.63, 3.8) is 0 Å². The molecule has 0 amide bonds. The highest BCUT2D eigenvalue weighted by Crippen LogP contribution is 2.16. The summed E-state index contributed by atoms with van der Waals surface area (Å²) in [6.07, 6.45) is 1.10. The van der Waals surface area contributed by atoms with E-state index in [0.717, 1.165) is 12.2 Å². The summed E-state index contributed by atoms with van der Waals surface area (Å²) in [5, 5.41) is 0. The van der Waals surface area contributed by atoms with Crippen LogP contribution in [0.5, 0.6) is 5.75 Å². The predicted molar refractivity (Wildman–Crippen MR) is 62.4 cm³/mol. The van der Waals surface area contributed by atoms with E-state index in [1.54, 1.807) is 7.11 Å². The van der Waals surface area contributed by atoms with Crippen molar-refractivity contribution in [2.24, 2.45) is 5.92 Å². The van der Waals surface area contributed by atoms with Gasteiger partial charge < -0.3 is 9.47 Å². The second-order valence-corrected chi connectivity index (χ2v) is 4.09. The lowest BCUT2D eigenvalue weighted by Crippen LogP contribution is -2.04. The van der Waals surface area contributed by atoms with E-state index in [-0.39, 0.29) is 0 Å². The van der Waals surface area contributed by atoms with E-state index in [2.05, 4.69) is 26.0 Å². The Labute approximate surface area is 92.2 Å². The van der Waals surface area contributed by atoms with Crippen LogP contribution in [0.2, 0.25) is 0 Å². The van der Waals surface area contributed by atoms with Gasteiger partial charge in [-0.25, -0.2) is 0 Å². The smallest absolute Gasteiger partial charge is 0.119 e. The Hall–Kier alpha value is -1.02. The molecule has 1 aromatic carbocycles. The minimum atomic E-state index is 0.613. The molecule has 2 heteroatoms. The molecule has 0 heterocycles. The highest BCUT2D eigenvalue weighted by Gasteiger charge is 1.99. The molecular formula is C13H20O2. The molecule has 0 radical (unpaired) electrons. The fourth-order valence-corrected chi connectivity index (χ4v) is 1.48. The highest BCUT2D eigenvalue weighted by atomic mass is 16.5. The molecule has 0 fully saturated rings.